The first-order chi connectivity index (χ1) is 13.0. The predicted octanol–water partition coefficient (Wildman–Crippen LogP) is 3.95. The van der Waals surface area contributed by atoms with Gasteiger partial charge in [-0.15, -0.1) is 0 Å². The molecule has 0 radical (unpaired) electrons. The SMILES string of the molecule is CCOc1ccc(/C=C/C(=O)N(C)CCOc2ccccc2C)cc1OC. The molecule has 2 rings (SSSR count). The van der Waals surface area contributed by atoms with Gasteiger partial charge in [0.1, 0.15) is 12.4 Å². The number of benzene rings is 2. The molecular weight excluding hydrogens is 342 g/mol. The van der Waals surface area contributed by atoms with Crippen molar-refractivity contribution in [3.63, 3.8) is 0 Å². The van der Waals surface area contributed by atoms with Gasteiger partial charge in [-0.25, -0.2) is 0 Å². The normalized spacial score (nSPS) is 10.7. The van der Waals surface area contributed by atoms with E-state index in [0.717, 1.165) is 16.9 Å². The van der Waals surface area contributed by atoms with E-state index in [0.29, 0.717) is 31.3 Å². The van der Waals surface area contributed by atoms with Crippen LogP contribution in [-0.4, -0.2) is 44.7 Å². The van der Waals surface area contributed by atoms with E-state index < -0.39 is 0 Å². The molecule has 0 fully saturated rings. The molecule has 0 aliphatic heterocycles. The number of methoxy groups -OCH3 is 1. The van der Waals surface area contributed by atoms with Crippen LogP contribution in [0, 0.1) is 6.92 Å². The van der Waals surface area contributed by atoms with Crippen LogP contribution < -0.4 is 14.2 Å². The fourth-order valence-electron chi connectivity index (χ4n) is 2.48. The number of likely N-dealkylation sites (N-methyl/N-ethyl adjacent to an activating group) is 1. The minimum Gasteiger partial charge on any atom is -0.493 e. The Kier molecular flexibility index (Phi) is 7.74. The molecule has 1 amide bonds. The third kappa shape index (κ3) is 6.06. The van der Waals surface area contributed by atoms with Gasteiger partial charge in [-0.2, -0.15) is 0 Å². The number of rotatable bonds is 9. The van der Waals surface area contributed by atoms with Gasteiger partial charge in [0, 0.05) is 13.1 Å². The number of aryl methyl sites for hydroxylation is 1. The number of nitrogens with zero attached hydrogens (tertiary/aromatic N) is 1. The molecule has 27 heavy (non-hydrogen) atoms. The second-order valence-corrected chi connectivity index (χ2v) is 6.05. The molecule has 0 unspecified atom stereocenters. The minimum atomic E-state index is -0.0868. The van der Waals surface area contributed by atoms with Crippen molar-refractivity contribution in [3.05, 3.63) is 59.7 Å². The Morgan fingerprint density at radius 2 is 1.85 bits per heavy atom. The summed E-state index contributed by atoms with van der Waals surface area (Å²) in [5, 5.41) is 0. The lowest BCUT2D eigenvalue weighted by Crippen LogP contribution is -2.29. The largest absolute Gasteiger partial charge is 0.493 e. The van der Waals surface area contributed by atoms with Gasteiger partial charge in [-0.1, -0.05) is 24.3 Å². The average molecular weight is 369 g/mol. The molecule has 144 valence electrons. The quantitative estimate of drug-likeness (QED) is 0.628. The molecule has 0 atom stereocenters. The maximum atomic E-state index is 12.3. The molecule has 0 spiro atoms. The Morgan fingerprint density at radius 1 is 1.07 bits per heavy atom. The molecule has 5 nitrogen and oxygen atoms in total. The number of para-hydroxylation sites is 1. The maximum absolute atomic E-state index is 12.3. The van der Waals surface area contributed by atoms with Crippen LogP contribution in [0.25, 0.3) is 6.08 Å². The van der Waals surface area contributed by atoms with Crippen molar-refractivity contribution in [1.29, 1.82) is 0 Å². The van der Waals surface area contributed by atoms with E-state index in [1.807, 2.05) is 56.3 Å². The molecule has 2 aromatic carbocycles. The Morgan fingerprint density at radius 3 is 2.56 bits per heavy atom. The third-order valence-electron chi connectivity index (χ3n) is 4.06. The second-order valence-electron chi connectivity index (χ2n) is 6.05. The molecule has 0 aliphatic carbocycles. The number of amides is 1. The number of hydrogen-bond acceptors (Lipinski definition) is 4. The molecule has 0 N–H and O–H groups in total. The summed E-state index contributed by atoms with van der Waals surface area (Å²) in [6, 6.07) is 13.4. The zero-order chi connectivity index (χ0) is 19.6. The second kappa shape index (κ2) is 10.3. The monoisotopic (exact) mass is 369 g/mol. The van der Waals surface area contributed by atoms with Gasteiger partial charge in [0.25, 0.3) is 0 Å². The Bertz CT molecular complexity index is 786. The standard InChI is InChI=1S/C22H27NO4/c1-5-26-20-12-10-18(16-21(20)25-4)11-13-22(24)23(3)14-15-27-19-9-7-6-8-17(19)2/h6-13,16H,5,14-15H2,1-4H3/b13-11+. The first kappa shape index (κ1) is 20.4. The molecule has 0 saturated heterocycles. The lowest BCUT2D eigenvalue weighted by Gasteiger charge is -2.16. The fourth-order valence-corrected chi connectivity index (χ4v) is 2.48. The summed E-state index contributed by atoms with van der Waals surface area (Å²) in [6.07, 6.45) is 3.31. The summed E-state index contributed by atoms with van der Waals surface area (Å²) < 4.78 is 16.6. The number of ether oxygens (including phenoxy) is 3. The van der Waals surface area contributed by atoms with Crippen LogP contribution in [0.3, 0.4) is 0 Å². The number of carbonyl (C=O) groups excluding carboxylic acids is 1. The molecule has 0 heterocycles. The van der Waals surface area contributed by atoms with E-state index in [9.17, 15) is 4.79 Å². The van der Waals surface area contributed by atoms with E-state index in [1.165, 1.54) is 0 Å². The molecule has 0 aromatic heterocycles. The summed E-state index contributed by atoms with van der Waals surface area (Å²) in [5.41, 5.74) is 1.95. The summed E-state index contributed by atoms with van der Waals surface area (Å²) in [7, 11) is 3.35. The zero-order valence-corrected chi connectivity index (χ0v) is 16.4. The van der Waals surface area contributed by atoms with Gasteiger partial charge in [0.15, 0.2) is 11.5 Å². The van der Waals surface area contributed by atoms with E-state index in [1.54, 1.807) is 31.2 Å². The Balaban J connectivity index is 1.89. The Hall–Kier alpha value is -2.95. The average Bonchev–Trinajstić information content (AvgIpc) is 2.68. The third-order valence-corrected chi connectivity index (χ3v) is 4.06. The minimum absolute atomic E-state index is 0.0868. The van der Waals surface area contributed by atoms with Crippen molar-refractivity contribution >= 4 is 12.0 Å². The first-order valence-corrected chi connectivity index (χ1v) is 8.97. The van der Waals surface area contributed by atoms with Crippen molar-refractivity contribution in [2.75, 3.05) is 33.9 Å². The van der Waals surface area contributed by atoms with Crippen LogP contribution in [0.2, 0.25) is 0 Å². The molecule has 2 aromatic rings. The maximum Gasteiger partial charge on any atom is 0.246 e. The molecule has 0 bridgehead atoms. The van der Waals surface area contributed by atoms with Crippen molar-refractivity contribution in [2.24, 2.45) is 0 Å². The number of hydrogen-bond donors (Lipinski definition) is 0. The van der Waals surface area contributed by atoms with Gasteiger partial charge in [-0.05, 0) is 49.2 Å². The van der Waals surface area contributed by atoms with Crippen molar-refractivity contribution in [2.45, 2.75) is 13.8 Å². The highest BCUT2D eigenvalue weighted by atomic mass is 16.5. The first-order valence-electron chi connectivity index (χ1n) is 8.97. The summed E-state index contributed by atoms with van der Waals surface area (Å²) in [5.74, 6) is 2.09. The summed E-state index contributed by atoms with van der Waals surface area (Å²) in [6.45, 7) is 5.43. The van der Waals surface area contributed by atoms with Crippen LogP contribution in [0.5, 0.6) is 17.2 Å². The fraction of sp³-hybridized carbons (Fsp3) is 0.318. The summed E-state index contributed by atoms with van der Waals surface area (Å²) >= 11 is 0. The van der Waals surface area contributed by atoms with Crippen molar-refractivity contribution < 1.29 is 19.0 Å². The van der Waals surface area contributed by atoms with E-state index >= 15 is 0 Å². The van der Waals surface area contributed by atoms with E-state index in [4.69, 9.17) is 14.2 Å². The molecule has 0 aliphatic rings. The van der Waals surface area contributed by atoms with E-state index in [2.05, 4.69) is 0 Å². The topological polar surface area (TPSA) is 48.0 Å². The van der Waals surface area contributed by atoms with Crippen LogP contribution in [0.1, 0.15) is 18.1 Å². The van der Waals surface area contributed by atoms with Gasteiger partial charge in [0.05, 0.1) is 20.3 Å². The molecule has 5 heteroatoms. The number of carbonyl (C=O) groups is 1. The highest BCUT2D eigenvalue weighted by molar-refractivity contribution is 5.91. The van der Waals surface area contributed by atoms with Crippen molar-refractivity contribution in [1.82, 2.24) is 4.90 Å². The van der Waals surface area contributed by atoms with Gasteiger partial charge in [0.2, 0.25) is 5.91 Å². The summed E-state index contributed by atoms with van der Waals surface area (Å²) in [4.78, 5) is 13.9. The van der Waals surface area contributed by atoms with Crippen LogP contribution in [0.15, 0.2) is 48.5 Å². The predicted molar refractivity (Wildman–Crippen MR) is 108 cm³/mol. The van der Waals surface area contributed by atoms with Gasteiger partial charge < -0.3 is 19.1 Å². The van der Waals surface area contributed by atoms with Gasteiger partial charge in [-0.3, -0.25) is 4.79 Å². The Labute approximate surface area is 161 Å². The van der Waals surface area contributed by atoms with E-state index in [-0.39, 0.29) is 5.91 Å². The van der Waals surface area contributed by atoms with Crippen LogP contribution >= 0.6 is 0 Å². The zero-order valence-electron chi connectivity index (χ0n) is 16.4. The highest BCUT2D eigenvalue weighted by Gasteiger charge is 2.07. The lowest BCUT2D eigenvalue weighted by molar-refractivity contribution is -0.125. The molecular formula is C22H27NO4. The highest BCUT2D eigenvalue weighted by Crippen LogP contribution is 2.28. The van der Waals surface area contributed by atoms with Crippen molar-refractivity contribution in [3.8, 4) is 17.2 Å². The van der Waals surface area contributed by atoms with Crippen LogP contribution in [-0.2, 0) is 4.79 Å². The smallest absolute Gasteiger partial charge is 0.246 e. The lowest BCUT2D eigenvalue weighted by atomic mass is 10.2. The van der Waals surface area contributed by atoms with Crippen LogP contribution in [0.4, 0.5) is 0 Å². The molecule has 0 saturated carbocycles. The van der Waals surface area contributed by atoms with Gasteiger partial charge >= 0.3 is 0 Å².